The highest BCUT2D eigenvalue weighted by Crippen LogP contribution is 2.28. The maximum Gasteiger partial charge on any atom is 0.296 e. The quantitative estimate of drug-likeness (QED) is 0.789. The number of ether oxygens (including phenoxy) is 1. The number of nitrogens with zero attached hydrogens (tertiary/aromatic N) is 5. The van der Waals surface area contributed by atoms with Crippen molar-refractivity contribution in [3.8, 4) is 5.19 Å². The predicted molar refractivity (Wildman–Crippen MR) is 65.3 cm³/mol. The molecule has 1 aliphatic heterocycles. The highest BCUT2D eigenvalue weighted by molar-refractivity contribution is 7.18. The Labute approximate surface area is 104 Å². The minimum atomic E-state index is 0.0903. The van der Waals surface area contributed by atoms with E-state index in [9.17, 15) is 0 Å². The van der Waals surface area contributed by atoms with Crippen LogP contribution in [0.1, 0.15) is 0 Å². The van der Waals surface area contributed by atoms with E-state index in [0.717, 1.165) is 18.2 Å². The van der Waals surface area contributed by atoms with Crippen LogP contribution in [0, 0.1) is 0 Å². The number of hydrogen-bond donors (Lipinski definition) is 2. The molecule has 0 aliphatic carbocycles. The molecule has 0 bridgehead atoms. The van der Waals surface area contributed by atoms with Crippen molar-refractivity contribution < 1.29 is 4.74 Å². The van der Waals surface area contributed by atoms with Gasteiger partial charge in [-0.1, -0.05) is 16.4 Å². The van der Waals surface area contributed by atoms with E-state index in [1.165, 1.54) is 22.7 Å². The summed E-state index contributed by atoms with van der Waals surface area (Å²) in [4.78, 5) is 2.04. The minimum Gasteiger partial charge on any atom is -0.462 e. The molecule has 90 valence electrons. The predicted octanol–water partition coefficient (Wildman–Crippen LogP) is -0.178. The molecule has 0 radical (unpaired) electrons. The van der Waals surface area contributed by atoms with Crippen molar-refractivity contribution in [2.45, 2.75) is 6.10 Å². The molecule has 17 heavy (non-hydrogen) atoms. The Hall–Kier alpha value is -1.68. The van der Waals surface area contributed by atoms with E-state index in [1.54, 1.807) is 0 Å². The van der Waals surface area contributed by atoms with Gasteiger partial charge in [0.1, 0.15) is 6.10 Å². The van der Waals surface area contributed by atoms with Crippen LogP contribution in [0.25, 0.3) is 0 Å². The lowest BCUT2D eigenvalue weighted by atomic mass is 10.2. The molecular weight excluding hydrogens is 262 g/mol. The molecule has 2 aromatic rings. The molecule has 2 aromatic heterocycles. The van der Waals surface area contributed by atoms with Crippen molar-refractivity contribution >= 4 is 38.1 Å². The van der Waals surface area contributed by atoms with Gasteiger partial charge in [-0.3, -0.25) is 0 Å². The zero-order valence-corrected chi connectivity index (χ0v) is 10.2. The first kappa shape index (κ1) is 10.5. The highest BCUT2D eigenvalue weighted by Gasteiger charge is 2.31. The Bertz CT molecular complexity index is 520. The molecule has 0 atom stereocenters. The largest absolute Gasteiger partial charge is 0.462 e. The Morgan fingerprint density at radius 2 is 1.76 bits per heavy atom. The van der Waals surface area contributed by atoms with Crippen LogP contribution in [-0.2, 0) is 0 Å². The summed E-state index contributed by atoms with van der Waals surface area (Å²) in [6, 6.07) is 0. The van der Waals surface area contributed by atoms with Gasteiger partial charge in [-0.2, -0.15) is 0 Å². The first-order valence-corrected chi connectivity index (χ1v) is 6.43. The summed E-state index contributed by atoms with van der Waals surface area (Å²) in [5.41, 5.74) is 11.0. The summed E-state index contributed by atoms with van der Waals surface area (Å²) in [5.74, 6) is 0. The summed E-state index contributed by atoms with van der Waals surface area (Å²) < 4.78 is 5.58. The molecule has 0 amide bonds. The minimum absolute atomic E-state index is 0.0903. The molecule has 0 unspecified atom stereocenters. The lowest BCUT2D eigenvalue weighted by Gasteiger charge is -2.37. The maximum atomic E-state index is 5.58. The van der Waals surface area contributed by atoms with Gasteiger partial charge < -0.3 is 21.1 Å². The normalized spacial score (nSPS) is 15.9. The molecule has 1 saturated heterocycles. The van der Waals surface area contributed by atoms with Gasteiger partial charge in [-0.25, -0.2) is 0 Å². The third kappa shape index (κ3) is 2.08. The van der Waals surface area contributed by atoms with Crippen molar-refractivity contribution in [1.82, 2.24) is 20.4 Å². The standard InChI is InChI=1S/C7H9N7OS2/c8-4-10-12-6(16-4)14-1-3(2-14)15-7-13-11-5(9)17-7/h3H,1-2H2,(H2,8,10)(H2,9,11). The Morgan fingerprint density at radius 3 is 2.35 bits per heavy atom. The van der Waals surface area contributed by atoms with Crippen LogP contribution < -0.4 is 21.1 Å². The third-order valence-electron chi connectivity index (χ3n) is 2.24. The number of rotatable bonds is 3. The lowest BCUT2D eigenvalue weighted by molar-refractivity contribution is 0.165. The second-order valence-electron chi connectivity index (χ2n) is 3.47. The van der Waals surface area contributed by atoms with E-state index in [0.29, 0.717) is 15.5 Å². The first-order valence-electron chi connectivity index (χ1n) is 4.80. The van der Waals surface area contributed by atoms with Crippen LogP contribution in [0.15, 0.2) is 0 Å². The van der Waals surface area contributed by atoms with Gasteiger partial charge >= 0.3 is 0 Å². The van der Waals surface area contributed by atoms with Crippen molar-refractivity contribution in [2.24, 2.45) is 0 Å². The Balaban J connectivity index is 1.55. The molecular formula is C7H9N7OS2. The van der Waals surface area contributed by atoms with Crippen molar-refractivity contribution in [3.63, 3.8) is 0 Å². The molecule has 0 aromatic carbocycles. The van der Waals surface area contributed by atoms with Crippen LogP contribution >= 0.6 is 22.7 Å². The summed E-state index contributed by atoms with van der Waals surface area (Å²) >= 11 is 2.60. The Morgan fingerprint density at radius 1 is 1.06 bits per heavy atom. The molecule has 8 nitrogen and oxygen atoms in total. The van der Waals surface area contributed by atoms with Crippen LogP contribution in [0.5, 0.6) is 5.19 Å². The SMILES string of the molecule is Nc1nnc(OC2CN(c3nnc(N)s3)C2)s1. The van der Waals surface area contributed by atoms with Crippen LogP contribution in [0.2, 0.25) is 0 Å². The number of anilines is 3. The van der Waals surface area contributed by atoms with E-state index in [2.05, 4.69) is 20.4 Å². The average molecular weight is 271 g/mol. The molecule has 4 N–H and O–H groups in total. The number of aromatic nitrogens is 4. The van der Waals surface area contributed by atoms with Gasteiger partial charge in [0.2, 0.25) is 15.4 Å². The molecule has 0 spiro atoms. The van der Waals surface area contributed by atoms with E-state index in [1.807, 2.05) is 4.90 Å². The van der Waals surface area contributed by atoms with Crippen LogP contribution in [-0.4, -0.2) is 39.6 Å². The summed E-state index contributed by atoms with van der Waals surface area (Å²) in [7, 11) is 0. The van der Waals surface area contributed by atoms with Crippen LogP contribution in [0.4, 0.5) is 15.4 Å². The topological polar surface area (TPSA) is 116 Å². The van der Waals surface area contributed by atoms with E-state index in [-0.39, 0.29) is 6.10 Å². The van der Waals surface area contributed by atoms with Gasteiger partial charge in [0.05, 0.1) is 13.1 Å². The second kappa shape index (κ2) is 3.96. The number of nitrogen functional groups attached to an aromatic ring is 2. The zero-order valence-electron chi connectivity index (χ0n) is 8.61. The Kier molecular flexibility index (Phi) is 2.44. The molecule has 1 aliphatic rings. The lowest BCUT2D eigenvalue weighted by Crippen LogP contribution is -2.54. The fourth-order valence-electron chi connectivity index (χ4n) is 1.43. The molecule has 1 fully saturated rings. The van der Waals surface area contributed by atoms with Gasteiger partial charge in [-0.15, -0.1) is 15.3 Å². The summed E-state index contributed by atoms with van der Waals surface area (Å²) in [6.07, 6.45) is 0.0903. The average Bonchev–Trinajstić information content (AvgIpc) is 2.81. The number of hydrogen-bond acceptors (Lipinski definition) is 10. The van der Waals surface area contributed by atoms with Gasteiger partial charge in [-0.05, 0) is 11.3 Å². The summed E-state index contributed by atoms with van der Waals surface area (Å²) in [6.45, 7) is 1.49. The van der Waals surface area contributed by atoms with E-state index in [4.69, 9.17) is 16.2 Å². The monoisotopic (exact) mass is 271 g/mol. The molecule has 10 heteroatoms. The second-order valence-corrected chi connectivity index (χ2v) is 5.43. The van der Waals surface area contributed by atoms with Crippen molar-refractivity contribution in [1.29, 1.82) is 0 Å². The van der Waals surface area contributed by atoms with Crippen molar-refractivity contribution in [3.05, 3.63) is 0 Å². The number of nitrogens with two attached hydrogens (primary N) is 2. The van der Waals surface area contributed by atoms with E-state index >= 15 is 0 Å². The molecule has 3 rings (SSSR count). The van der Waals surface area contributed by atoms with E-state index < -0.39 is 0 Å². The van der Waals surface area contributed by atoms with Crippen LogP contribution in [0.3, 0.4) is 0 Å². The third-order valence-corrected chi connectivity index (χ3v) is 3.69. The highest BCUT2D eigenvalue weighted by atomic mass is 32.1. The van der Waals surface area contributed by atoms with Crippen molar-refractivity contribution in [2.75, 3.05) is 29.5 Å². The fourth-order valence-corrected chi connectivity index (χ4v) is 2.59. The fraction of sp³-hybridized carbons (Fsp3) is 0.429. The summed E-state index contributed by atoms with van der Waals surface area (Å²) in [5, 5.41) is 17.4. The van der Waals surface area contributed by atoms with Gasteiger partial charge in [0, 0.05) is 0 Å². The van der Waals surface area contributed by atoms with Gasteiger partial charge in [0.25, 0.3) is 5.19 Å². The smallest absolute Gasteiger partial charge is 0.296 e. The maximum absolute atomic E-state index is 5.58. The first-order chi connectivity index (χ1) is 8.20. The zero-order chi connectivity index (χ0) is 11.8. The van der Waals surface area contributed by atoms with Gasteiger partial charge in [0.15, 0.2) is 0 Å². The molecule has 0 saturated carbocycles. The molecule has 3 heterocycles.